The Labute approximate surface area is 106 Å². The van der Waals surface area contributed by atoms with Gasteiger partial charge in [-0.15, -0.1) is 0 Å². The fraction of sp³-hybridized carbons (Fsp3) is 0.143. The zero-order valence-electron chi connectivity index (χ0n) is 10.4. The Morgan fingerprint density at radius 2 is 2.00 bits per heavy atom. The highest BCUT2D eigenvalue weighted by molar-refractivity contribution is 5.66. The number of aliphatic imine (C=N–C) groups is 1. The Morgan fingerprint density at radius 1 is 1.28 bits per heavy atom. The Hall–Kier alpha value is -2.54. The first-order valence-electron chi connectivity index (χ1n) is 5.59. The fourth-order valence-electron chi connectivity index (χ4n) is 1.57. The molecule has 4 heteroatoms. The second-order valence-corrected chi connectivity index (χ2v) is 4.11. The molecule has 0 bridgehead atoms. The predicted octanol–water partition coefficient (Wildman–Crippen LogP) is 2.57. The Balaban J connectivity index is 2.39. The van der Waals surface area contributed by atoms with E-state index in [-0.39, 0.29) is 0 Å². The van der Waals surface area contributed by atoms with E-state index < -0.39 is 0 Å². The van der Waals surface area contributed by atoms with Crippen molar-refractivity contribution in [2.75, 3.05) is 14.1 Å². The van der Waals surface area contributed by atoms with Gasteiger partial charge in [-0.05, 0) is 30.3 Å². The normalized spacial score (nSPS) is 10.5. The van der Waals surface area contributed by atoms with E-state index >= 15 is 0 Å². The molecule has 0 saturated carbocycles. The van der Waals surface area contributed by atoms with Crippen molar-refractivity contribution in [3.05, 3.63) is 48.3 Å². The van der Waals surface area contributed by atoms with Gasteiger partial charge in [0.1, 0.15) is 6.07 Å². The number of nitrogens with zero attached hydrogens (tertiary/aromatic N) is 4. The summed E-state index contributed by atoms with van der Waals surface area (Å²) in [4.78, 5) is 6.10. The lowest BCUT2D eigenvalue weighted by atomic mass is 10.1. The van der Waals surface area contributed by atoms with Gasteiger partial charge in [-0.1, -0.05) is 0 Å². The molecule has 0 N–H and O–H groups in total. The minimum Gasteiger partial charge on any atom is -0.369 e. The third-order valence-electron chi connectivity index (χ3n) is 2.43. The van der Waals surface area contributed by atoms with E-state index in [4.69, 9.17) is 5.26 Å². The molecule has 0 spiro atoms. The third kappa shape index (κ3) is 2.58. The highest BCUT2D eigenvalue weighted by atomic mass is 15.1. The van der Waals surface area contributed by atoms with Crippen LogP contribution < -0.4 is 0 Å². The molecule has 18 heavy (non-hydrogen) atoms. The average Bonchev–Trinajstić information content (AvgIpc) is 2.90. The van der Waals surface area contributed by atoms with Crippen LogP contribution >= 0.6 is 0 Å². The molecule has 0 aliphatic rings. The molecule has 0 radical (unpaired) electrons. The zero-order chi connectivity index (χ0) is 13.0. The minimum absolute atomic E-state index is 0.569. The van der Waals surface area contributed by atoms with Crippen molar-refractivity contribution in [3.63, 3.8) is 0 Å². The summed E-state index contributed by atoms with van der Waals surface area (Å²) in [6.45, 7) is 0. The Kier molecular flexibility index (Phi) is 3.44. The zero-order valence-corrected chi connectivity index (χ0v) is 10.4. The monoisotopic (exact) mass is 238 g/mol. The van der Waals surface area contributed by atoms with Gasteiger partial charge in [0.25, 0.3) is 0 Å². The number of aromatic nitrogens is 1. The van der Waals surface area contributed by atoms with Crippen LogP contribution in [0.2, 0.25) is 0 Å². The standard InChI is InChI=1S/C14H14N4/c1-17(2)11-16-14-6-5-13(9-12(14)10-15)18-7-3-4-8-18/h3-9,11H,1-2H3/b16-11+. The van der Waals surface area contributed by atoms with Gasteiger partial charge in [-0.3, -0.25) is 0 Å². The van der Waals surface area contributed by atoms with Gasteiger partial charge in [0.2, 0.25) is 0 Å². The maximum Gasteiger partial charge on any atom is 0.101 e. The lowest BCUT2D eigenvalue weighted by Crippen LogP contribution is -2.07. The van der Waals surface area contributed by atoms with Crippen molar-refractivity contribution in [2.45, 2.75) is 0 Å². The van der Waals surface area contributed by atoms with Crippen LogP contribution in [0.15, 0.2) is 47.7 Å². The van der Waals surface area contributed by atoms with Gasteiger partial charge in [0.05, 0.1) is 17.6 Å². The van der Waals surface area contributed by atoms with E-state index in [2.05, 4.69) is 11.1 Å². The van der Waals surface area contributed by atoms with Crippen LogP contribution in [0.5, 0.6) is 0 Å². The molecule has 0 unspecified atom stereocenters. The minimum atomic E-state index is 0.569. The van der Waals surface area contributed by atoms with Gasteiger partial charge >= 0.3 is 0 Å². The summed E-state index contributed by atoms with van der Waals surface area (Å²) < 4.78 is 1.96. The van der Waals surface area contributed by atoms with Gasteiger partial charge < -0.3 is 9.47 Å². The molecule has 1 aromatic heterocycles. The second kappa shape index (κ2) is 5.19. The molecule has 0 amide bonds. The van der Waals surface area contributed by atoms with E-state index in [1.54, 1.807) is 6.34 Å². The SMILES string of the molecule is CN(C)/C=N/c1ccc(-n2cccc2)cc1C#N. The molecular weight excluding hydrogens is 224 g/mol. The number of hydrogen-bond acceptors (Lipinski definition) is 2. The maximum atomic E-state index is 9.16. The van der Waals surface area contributed by atoms with Crippen molar-refractivity contribution >= 4 is 12.0 Å². The summed E-state index contributed by atoms with van der Waals surface area (Å²) in [6, 6.07) is 11.7. The first kappa shape index (κ1) is 11.9. The van der Waals surface area contributed by atoms with Crippen molar-refractivity contribution in [3.8, 4) is 11.8 Å². The van der Waals surface area contributed by atoms with Crippen molar-refractivity contribution in [1.82, 2.24) is 9.47 Å². The molecule has 0 aliphatic carbocycles. The van der Waals surface area contributed by atoms with Gasteiger partial charge in [0, 0.05) is 32.2 Å². The average molecular weight is 238 g/mol. The molecule has 0 fully saturated rings. The molecule has 0 saturated heterocycles. The Bertz CT molecular complexity index is 589. The highest BCUT2D eigenvalue weighted by Crippen LogP contribution is 2.21. The van der Waals surface area contributed by atoms with Crippen LogP contribution in [-0.2, 0) is 0 Å². The van der Waals surface area contributed by atoms with Crippen LogP contribution in [0, 0.1) is 11.3 Å². The summed E-state index contributed by atoms with van der Waals surface area (Å²) in [5, 5.41) is 9.16. The van der Waals surface area contributed by atoms with E-state index in [1.807, 2.05) is 66.3 Å². The first-order valence-corrected chi connectivity index (χ1v) is 5.59. The summed E-state index contributed by atoms with van der Waals surface area (Å²) >= 11 is 0. The maximum absolute atomic E-state index is 9.16. The van der Waals surface area contributed by atoms with Crippen molar-refractivity contribution < 1.29 is 0 Å². The quantitative estimate of drug-likeness (QED) is 0.609. The lowest BCUT2D eigenvalue weighted by molar-refractivity contribution is 0.643. The molecular formula is C14H14N4. The third-order valence-corrected chi connectivity index (χ3v) is 2.43. The lowest BCUT2D eigenvalue weighted by Gasteiger charge is -2.06. The highest BCUT2D eigenvalue weighted by Gasteiger charge is 2.03. The molecule has 90 valence electrons. The van der Waals surface area contributed by atoms with Crippen LogP contribution in [0.1, 0.15) is 5.56 Å². The number of rotatable bonds is 3. The smallest absolute Gasteiger partial charge is 0.101 e. The molecule has 2 rings (SSSR count). The summed E-state index contributed by atoms with van der Waals surface area (Å²) in [5.41, 5.74) is 2.21. The fourth-order valence-corrected chi connectivity index (χ4v) is 1.57. The predicted molar refractivity (Wildman–Crippen MR) is 72.3 cm³/mol. The Morgan fingerprint density at radius 3 is 2.61 bits per heavy atom. The van der Waals surface area contributed by atoms with Gasteiger partial charge in [-0.2, -0.15) is 5.26 Å². The van der Waals surface area contributed by atoms with Crippen LogP contribution in [0.4, 0.5) is 5.69 Å². The van der Waals surface area contributed by atoms with E-state index in [9.17, 15) is 0 Å². The summed E-state index contributed by atoms with van der Waals surface area (Å²) in [7, 11) is 3.79. The van der Waals surface area contributed by atoms with Crippen LogP contribution in [0.3, 0.4) is 0 Å². The molecule has 0 atom stereocenters. The van der Waals surface area contributed by atoms with Crippen molar-refractivity contribution in [2.24, 2.45) is 4.99 Å². The van der Waals surface area contributed by atoms with E-state index in [0.29, 0.717) is 11.3 Å². The molecule has 4 nitrogen and oxygen atoms in total. The van der Waals surface area contributed by atoms with E-state index in [0.717, 1.165) is 5.69 Å². The second-order valence-electron chi connectivity index (χ2n) is 4.11. The largest absolute Gasteiger partial charge is 0.369 e. The van der Waals surface area contributed by atoms with Crippen LogP contribution in [-0.4, -0.2) is 29.9 Å². The number of nitriles is 1. The molecule has 1 aromatic carbocycles. The molecule has 0 aliphatic heterocycles. The molecule has 2 aromatic rings. The van der Waals surface area contributed by atoms with E-state index in [1.165, 1.54) is 0 Å². The number of benzene rings is 1. The molecule has 1 heterocycles. The summed E-state index contributed by atoms with van der Waals surface area (Å²) in [5.74, 6) is 0. The van der Waals surface area contributed by atoms with Gasteiger partial charge in [-0.25, -0.2) is 4.99 Å². The van der Waals surface area contributed by atoms with Crippen molar-refractivity contribution in [1.29, 1.82) is 5.26 Å². The number of hydrogen-bond donors (Lipinski definition) is 0. The summed E-state index contributed by atoms with van der Waals surface area (Å²) in [6.07, 6.45) is 5.57. The first-order chi connectivity index (χ1) is 8.70. The van der Waals surface area contributed by atoms with Crippen LogP contribution in [0.25, 0.3) is 5.69 Å². The van der Waals surface area contributed by atoms with Gasteiger partial charge in [0.15, 0.2) is 0 Å². The topological polar surface area (TPSA) is 44.3 Å².